The summed E-state index contributed by atoms with van der Waals surface area (Å²) in [6, 6.07) is -0.0881. The zero-order valence-corrected chi connectivity index (χ0v) is 13.8. The zero-order chi connectivity index (χ0) is 16.0. The van der Waals surface area contributed by atoms with E-state index in [1.54, 1.807) is 0 Å². The summed E-state index contributed by atoms with van der Waals surface area (Å²) in [5, 5.41) is 12.5. The van der Waals surface area contributed by atoms with Crippen LogP contribution in [-0.2, 0) is 9.59 Å². The molecule has 0 saturated carbocycles. The first-order chi connectivity index (χ1) is 9.86. The summed E-state index contributed by atoms with van der Waals surface area (Å²) in [4.78, 5) is 25.9. The molecule has 5 nitrogen and oxygen atoms in total. The first kappa shape index (κ1) is 18.0. The van der Waals surface area contributed by atoms with E-state index in [-0.39, 0.29) is 18.0 Å². The lowest BCUT2D eigenvalue weighted by Gasteiger charge is -2.28. The van der Waals surface area contributed by atoms with Crippen molar-refractivity contribution in [3.63, 3.8) is 0 Å². The van der Waals surface area contributed by atoms with E-state index in [0.717, 1.165) is 19.3 Å². The second-order valence-corrected chi connectivity index (χ2v) is 6.43. The Morgan fingerprint density at radius 3 is 2.48 bits per heavy atom. The molecule has 0 aromatic carbocycles. The van der Waals surface area contributed by atoms with Gasteiger partial charge in [-0.1, -0.05) is 26.7 Å². The SMILES string of the molecule is CCCC(C)NC(=O)C(C)N1CCC(CCC)(C(=O)O)C1. The number of hydrogen-bond acceptors (Lipinski definition) is 3. The van der Waals surface area contributed by atoms with Crippen molar-refractivity contribution in [1.29, 1.82) is 0 Å². The molecule has 1 rings (SSSR count). The molecule has 0 aliphatic carbocycles. The van der Waals surface area contributed by atoms with Gasteiger partial charge in [0.15, 0.2) is 0 Å². The molecule has 0 spiro atoms. The van der Waals surface area contributed by atoms with Crippen LogP contribution in [0.15, 0.2) is 0 Å². The van der Waals surface area contributed by atoms with Gasteiger partial charge in [-0.05, 0) is 33.1 Å². The van der Waals surface area contributed by atoms with Gasteiger partial charge in [-0.25, -0.2) is 0 Å². The van der Waals surface area contributed by atoms with Gasteiger partial charge in [-0.15, -0.1) is 0 Å². The van der Waals surface area contributed by atoms with Crippen LogP contribution >= 0.6 is 0 Å². The second-order valence-electron chi connectivity index (χ2n) is 6.43. The molecule has 3 unspecified atom stereocenters. The molecule has 3 atom stereocenters. The topological polar surface area (TPSA) is 69.6 Å². The maximum absolute atomic E-state index is 12.3. The molecule has 0 bridgehead atoms. The predicted octanol–water partition coefficient (Wildman–Crippen LogP) is 2.26. The molecule has 0 aromatic heterocycles. The number of carboxylic acid groups (broad SMARTS) is 1. The standard InChI is InChI=1S/C16H30N2O3/c1-5-7-12(3)17-14(19)13(4)18-10-9-16(11-18,8-6-2)15(20)21/h12-13H,5-11H2,1-4H3,(H,17,19)(H,20,21). The largest absolute Gasteiger partial charge is 0.481 e. The van der Waals surface area contributed by atoms with E-state index in [9.17, 15) is 14.7 Å². The van der Waals surface area contributed by atoms with Gasteiger partial charge >= 0.3 is 5.97 Å². The number of carbonyl (C=O) groups is 2. The van der Waals surface area contributed by atoms with Gasteiger partial charge in [-0.3, -0.25) is 14.5 Å². The molecule has 5 heteroatoms. The van der Waals surface area contributed by atoms with Crippen LogP contribution in [0.4, 0.5) is 0 Å². The Labute approximate surface area is 128 Å². The lowest BCUT2D eigenvalue weighted by atomic mass is 9.83. The van der Waals surface area contributed by atoms with Gasteiger partial charge in [0.1, 0.15) is 0 Å². The molecule has 1 heterocycles. The molecule has 1 aliphatic heterocycles. The van der Waals surface area contributed by atoms with E-state index >= 15 is 0 Å². The smallest absolute Gasteiger partial charge is 0.310 e. The summed E-state index contributed by atoms with van der Waals surface area (Å²) in [6.45, 7) is 9.15. The molecular formula is C16H30N2O3. The fourth-order valence-corrected chi connectivity index (χ4v) is 3.23. The highest BCUT2D eigenvalue weighted by Crippen LogP contribution is 2.36. The quantitative estimate of drug-likeness (QED) is 0.721. The molecule has 1 fully saturated rings. The van der Waals surface area contributed by atoms with Crippen molar-refractivity contribution in [3.8, 4) is 0 Å². The van der Waals surface area contributed by atoms with Gasteiger partial charge < -0.3 is 10.4 Å². The Morgan fingerprint density at radius 2 is 1.95 bits per heavy atom. The van der Waals surface area contributed by atoms with Crippen molar-refractivity contribution < 1.29 is 14.7 Å². The zero-order valence-electron chi connectivity index (χ0n) is 13.8. The third-order valence-electron chi connectivity index (χ3n) is 4.60. The number of hydrogen-bond donors (Lipinski definition) is 2. The Balaban J connectivity index is 2.62. The Morgan fingerprint density at radius 1 is 1.29 bits per heavy atom. The molecule has 1 aliphatic rings. The van der Waals surface area contributed by atoms with Gasteiger partial charge in [0.05, 0.1) is 11.5 Å². The highest BCUT2D eigenvalue weighted by atomic mass is 16.4. The number of carbonyl (C=O) groups excluding carboxylic acids is 1. The highest BCUT2D eigenvalue weighted by Gasteiger charge is 2.45. The van der Waals surface area contributed by atoms with Crippen LogP contribution in [-0.4, -0.2) is 47.1 Å². The average molecular weight is 298 g/mol. The third kappa shape index (κ3) is 4.43. The van der Waals surface area contributed by atoms with E-state index in [1.807, 2.05) is 25.7 Å². The number of nitrogens with one attached hydrogen (secondary N) is 1. The van der Waals surface area contributed by atoms with Gasteiger partial charge in [0, 0.05) is 19.1 Å². The van der Waals surface area contributed by atoms with E-state index in [4.69, 9.17) is 0 Å². The lowest BCUT2D eigenvalue weighted by Crippen LogP contribution is -2.48. The Hall–Kier alpha value is -1.10. The molecule has 122 valence electrons. The second kappa shape index (κ2) is 7.78. The van der Waals surface area contributed by atoms with E-state index in [1.165, 1.54) is 0 Å². The number of rotatable bonds is 8. The summed E-state index contributed by atoms with van der Waals surface area (Å²) in [6.07, 6.45) is 4.18. The molecule has 1 saturated heterocycles. The Kier molecular flexibility index (Phi) is 6.65. The van der Waals surface area contributed by atoms with E-state index in [2.05, 4.69) is 12.2 Å². The summed E-state index contributed by atoms with van der Waals surface area (Å²) in [7, 11) is 0. The van der Waals surface area contributed by atoms with E-state index in [0.29, 0.717) is 25.9 Å². The van der Waals surface area contributed by atoms with Crippen molar-refractivity contribution in [2.45, 2.75) is 71.9 Å². The molecule has 1 amide bonds. The minimum absolute atomic E-state index is 0.00800. The Bertz CT molecular complexity index is 373. The maximum atomic E-state index is 12.3. The molecule has 0 radical (unpaired) electrons. The first-order valence-electron chi connectivity index (χ1n) is 8.14. The van der Waals surface area contributed by atoms with Crippen LogP contribution in [0.1, 0.15) is 59.8 Å². The van der Waals surface area contributed by atoms with Gasteiger partial charge in [-0.2, -0.15) is 0 Å². The van der Waals surface area contributed by atoms with Crippen molar-refractivity contribution in [2.24, 2.45) is 5.41 Å². The van der Waals surface area contributed by atoms with Crippen molar-refractivity contribution in [1.82, 2.24) is 10.2 Å². The normalized spacial score (nSPS) is 25.5. The van der Waals surface area contributed by atoms with Crippen LogP contribution in [0.5, 0.6) is 0 Å². The summed E-state index contributed by atoms with van der Waals surface area (Å²) in [5.74, 6) is -0.715. The summed E-state index contributed by atoms with van der Waals surface area (Å²) < 4.78 is 0. The number of amides is 1. The predicted molar refractivity (Wildman–Crippen MR) is 83.1 cm³/mol. The average Bonchev–Trinajstić information content (AvgIpc) is 2.84. The first-order valence-corrected chi connectivity index (χ1v) is 8.14. The molecular weight excluding hydrogens is 268 g/mol. The lowest BCUT2D eigenvalue weighted by molar-refractivity contribution is -0.149. The number of carboxylic acids is 1. The summed E-state index contributed by atoms with van der Waals surface area (Å²) in [5.41, 5.74) is -0.668. The number of likely N-dealkylation sites (tertiary alicyclic amines) is 1. The maximum Gasteiger partial charge on any atom is 0.310 e. The molecule has 21 heavy (non-hydrogen) atoms. The van der Waals surface area contributed by atoms with E-state index < -0.39 is 11.4 Å². The molecule has 2 N–H and O–H groups in total. The fraction of sp³-hybridized carbons (Fsp3) is 0.875. The number of nitrogens with zero attached hydrogens (tertiary/aromatic N) is 1. The van der Waals surface area contributed by atoms with Crippen LogP contribution in [0, 0.1) is 5.41 Å². The van der Waals surface area contributed by atoms with Crippen molar-refractivity contribution in [3.05, 3.63) is 0 Å². The molecule has 0 aromatic rings. The van der Waals surface area contributed by atoms with Crippen LogP contribution in [0.25, 0.3) is 0 Å². The monoisotopic (exact) mass is 298 g/mol. The fourth-order valence-electron chi connectivity index (χ4n) is 3.23. The minimum atomic E-state index is -0.723. The van der Waals surface area contributed by atoms with Crippen LogP contribution in [0.3, 0.4) is 0 Å². The number of aliphatic carboxylic acids is 1. The van der Waals surface area contributed by atoms with Crippen LogP contribution in [0.2, 0.25) is 0 Å². The van der Waals surface area contributed by atoms with Crippen LogP contribution < -0.4 is 5.32 Å². The van der Waals surface area contributed by atoms with Crippen molar-refractivity contribution >= 4 is 11.9 Å². The van der Waals surface area contributed by atoms with Gasteiger partial charge in [0.25, 0.3) is 0 Å². The third-order valence-corrected chi connectivity index (χ3v) is 4.60. The minimum Gasteiger partial charge on any atom is -0.481 e. The summed E-state index contributed by atoms with van der Waals surface area (Å²) >= 11 is 0. The highest BCUT2D eigenvalue weighted by molar-refractivity contribution is 5.82. The van der Waals surface area contributed by atoms with Gasteiger partial charge in [0.2, 0.25) is 5.91 Å². The van der Waals surface area contributed by atoms with Crippen molar-refractivity contribution in [2.75, 3.05) is 13.1 Å².